The summed E-state index contributed by atoms with van der Waals surface area (Å²) >= 11 is 0. The van der Waals surface area contributed by atoms with Gasteiger partial charge < -0.3 is 9.64 Å². The molecule has 1 saturated heterocycles. The Morgan fingerprint density at radius 1 is 1.33 bits per heavy atom. The Labute approximate surface area is 155 Å². The molecule has 0 unspecified atom stereocenters. The number of likely N-dealkylation sites (tertiary alicyclic amines) is 1. The maximum Gasteiger partial charge on any atom is 0.410 e. The van der Waals surface area contributed by atoms with Crippen LogP contribution in [0.2, 0.25) is 0 Å². The van der Waals surface area contributed by atoms with Gasteiger partial charge in [-0.15, -0.1) is 0 Å². The van der Waals surface area contributed by atoms with E-state index in [0.29, 0.717) is 19.6 Å². The van der Waals surface area contributed by atoms with Crippen LogP contribution in [0, 0.1) is 26.1 Å². The Morgan fingerprint density at radius 3 is 2.63 bits per heavy atom. The van der Waals surface area contributed by atoms with Gasteiger partial charge in [0.2, 0.25) is 0 Å². The molecule has 1 aliphatic heterocycles. The van der Waals surface area contributed by atoms with Crippen molar-refractivity contribution in [3.8, 4) is 0 Å². The summed E-state index contributed by atoms with van der Waals surface area (Å²) in [6.45, 7) is 6.21. The van der Waals surface area contributed by atoms with Gasteiger partial charge in [0.25, 0.3) is 5.69 Å². The maximum atomic E-state index is 12.0. The van der Waals surface area contributed by atoms with Gasteiger partial charge in [0.15, 0.2) is 0 Å². The molecule has 0 spiro atoms. The van der Waals surface area contributed by atoms with Crippen LogP contribution in [-0.4, -0.2) is 45.7 Å². The molecule has 1 N–H and O–H groups in total. The average Bonchev–Trinajstić information content (AvgIpc) is 2.61. The molecule has 0 saturated carbocycles. The Morgan fingerprint density at radius 2 is 2.04 bits per heavy atom. The van der Waals surface area contributed by atoms with Gasteiger partial charge in [-0.25, -0.2) is 4.79 Å². The van der Waals surface area contributed by atoms with Crippen LogP contribution >= 0.6 is 0 Å². The lowest BCUT2D eigenvalue weighted by Gasteiger charge is -2.36. The molecule has 146 valence electrons. The number of hydrogen-bond donors (Lipinski definition) is 1. The Balaban J connectivity index is 2.17. The highest BCUT2D eigenvalue weighted by Crippen LogP contribution is 2.29. The zero-order chi connectivity index (χ0) is 20.1. The number of hydrogen-bond acceptors (Lipinski definition) is 8. The number of carbonyl (C=O) groups excluding carboxylic acids is 1. The second kappa shape index (κ2) is 8.43. The fourth-order valence-electron chi connectivity index (χ4n) is 2.82. The van der Waals surface area contributed by atoms with Crippen LogP contribution < -0.4 is 5.43 Å². The highest BCUT2D eigenvalue weighted by molar-refractivity contribution is 5.90. The van der Waals surface area contributed by atoms with Gasteiger partial charge in [-0.3, -0.25) is 25.7 Å². The minimum atomic E-state index is -0.703. The summed E-state index contributed by atoms with van der Waals surface area (Å²) in [7, 11) is 0. The Kier molecular flexibility index (Phi) is 6.27. The second-order valence-corrected chi connectivity index (χ2v) is 6.24. The van der Waals surface area contributed by atoms with Gasteiger partial charge in [0.05, 0.1) is 22.5 Å². The SMILES string of the molecule is CCOC(=O)N1C[C@H](C)/C(=N\Nc2ccc([N+](=O)[O-])cc2[N+](=O)[O-])C[C@H]1C. The summed E-state index contributed by atoms with van der Waals surface area (Å²) in [5.74, 6) is -0.0739. The molecular formula is C16H21N5O6. The molecule has 11 heteroatoms. The third kappa shape index (κ3) is 4.68. The average molecular weight is 379 g/mol. The molecule has 11 nitrogen and oxygen atoms in total. The van der Waals surface area contributed by atoms with Crippen molar-refractivity contribution in [3.05, 3.63) is 38.4 Å². The van der Waals surface area contributed by atoms with E-state index < -0.39 is 15.5 Å². The van der Waals surface area contributed by atoms with Crippen molar-refractivity contribution in [1.82, 2.24) is 4.90 Å². The molecule has 0 bridgehead atoms. The maximum absolute atomic E-state index is 12.0. The molecule has 0 radical (unpaired) electrons. The molecule has 1 heterocycles. The van der Waals surface area contributed by atoms with Crippen LogP contribution in [-0.2, 0) is 4.74 Å². The van der Waals surface area contributed by atoms with E-state index in [2.05, 4.69) is 10.5 Å². The van der Waals surface area contributed by atoms with Gasteiger partial charge in [-0.05, 0) is 19.9 Å². The summed E-state index contributed by atoms with van der Waals surface area (Å²) < 4.78 is 5.04. The van der Waals surface area contributed by atoms with E-state index >= 15 is 0 Å². The lowest BCUT2D eigenvalue weighted by Crippen LogP contribution is -2.49. The van der Waals surface area contributed by atoms with Crippen LogP contribution in [0.1, 0.15) is 27.2 Å². The first-order chi connectivity index (χ1) is 12.7. The predicted molar refractivity (Wildman–Crippen MR) is 97.8 cm³/mol. The van der Waals surface area contributed by atoms with Crippen molar-refractivity contribution < 1.29 is 19.4 Å². The first kappa shape index (κ1) is 20.1. The number of rotatable bonds is 5. The Hall–Kier alpha value is -3.24. The number of non-ortho nitro benzene ring substituents is 1. The molecule has 0 aliphatic carbocycles. The number of nitrogens with one attached hydrogen (secondary N) is 1. The minimum Gasteiger partial charge on any atom is -0.450 e. The van der Waals surface area contributed by atoms with Crippen LogP contribution in [0.4, 0.5) is 21.9 Å². The zero-order valence-corrected chi connectivity index (χ0v) is 15.2. The predicted octanol–water partition coefficient (Wildman–Crippen LogP) is 3.16. The highest BCUT2D eigenvalue weighted by atomic mass is 16.6. The van der Waals surface area contributed by atoms with Crippen molar-refractivity contribution in [2.75, 3.05) is 18.6 Å². The van der Waals surface area contributed by atoms with Crippen molar-refractivity contribution in [2.24, 2.45) is 11.0 Å². The largest absolute Gasteiger partial charge is 0.450 e. The quantitative estimate of drug-likeness (QED) is 0.612. The molecule has 2 atom stereocenters. The van der Waals surface area contributed by atoms with E-state index in [1.165, 1.54) is 12.1 Å². The fourth-order valence-corrected chi connectivity index (χ4v) is 2.82. The molecule has 1 aromatic carbocycles. The van der Waals surface area contributed by atoms with Crippen LogP contribution in [0.25, 0.3) is 0 Å². The van der Waals surface area contributed by atoms with E-state index in [1.54, 1.807) is 11.8 Å². The molecule has 1 aromatic rings. The highest BCUT2D eigenvalue weighted by Gasteiger charge is 2.32. The van der Waals surface area contributed by atoms with Crippen LogP contribution in [0.15, 0.2) is 23.3 Å². The molecule has 1 aliphatic rings. The number of nitro groups is 2. The standard InChI is InChI=1S/C16H21N5O6/c1-4-27-16(22)19-9-10(2)14(7-11(19)3)18-17-13-6-5-12(20(23)24)8-15(13)21(25)26/h5-6,8,10-11,17H,4,7,9H2,1-3H3/b18-14-/t10-,11+/m0/s1. The number of anilines is 1. The molecule has 27 heavy (non-hydrogen) atoms. The Bertz CT molecular complexity index is 781. The first-order valence-electron chi connectivity index (χ1n) is 8.43. The molecule has 1 fully saturated rings. The summed E-state index contributed by atoms with van der Waals surface area (Å²) in [6, 6.07) is 3.18. The fraction of sp³-hybridized carbons (Fsp3) is 0.500. The first-order valence-corrected chi connectivity index (χ1v) is 8.43. The topological polar surface area (TPSA) is 140 Å². The smallest absolute Gasteiger partial charge is 0.410 e. The lowest BCUT2D eigenvalue weighted by molar-refractivity contribution is -0.393. The number of carbonyl (C=O) groups is 1. The van der Waals surface area contributed by atoms with E-state index in [0.717, 1.165) is 11.8 Å². The van der Waals surface area contributed by atoms with E-state index in [4.69, 9.17) is 4.74 Å². The zero-order valence-electron chi connectivity index (χ0n) is 15.2. The minimum absolute atomic E-state index is 0.0609. The van der Waals surface area contributed by atoms with Gasteiger partial charge in [0, 0.05) is 36.7 Å². The van der Waals surface area contributed by atoms with Crippen molar-refractivity contribution >= 4 is 28.9 Å². The normalized spacial score (nSPS) is 21.0. The monoisotopic (exact) mass is 379 g/mol. The third-order valence-corrected chi connectivity index (χ3v) is 4.29. The second-order valence-electron chi connectivity index (χ2n) is 6.24. The summed E-state index contributed by atoms with van der Waals surface area (Å²) in [5.41, 5.74) is 2.64. The molecular weight excluding hydrogens is 358 g/mol. The summed E-state index contributed by atoms with van der Waals surface area (Å²) in [4.78, 5) is 34.2. The van der Waals surface area contributed by atoms with E-state index in [-0.39, 0.29) is 29.4 Å². The lowest BCUT2D eigenvalue weighted by atomic mass is 9.93. The number of amides is 1. The number of hydrazone groups is 1. The van der Waals surface area contributed by atoms with Gasteiger partial charge in [-0.2, -0.15) is 5.10 Å². The van der Waals surface area contributed by atoms with Gasteiger partial charge >= 0.3 is 11.8 Å². The van der Waals surface area contributed by atoms with Crippen LogP contribution in [0.3, 0.4) is 0 Å². The summed E-state index contributed by atoms with van der Waals surface area (Å²) in [6.07, 6.45) is 0.100. The van der Waals surface area contributed by atoms with Crippen molar-refractivity contribution in [3.63, 3.8) is 0 Å². The van der Waals surface area contributed by atoms with Crippen LogP contribution in [0.5, 0.6) is 0 Å². The molecule has 2 rings (SSSR count). The van der Waals surface area contributed by atoms with Crippen molar-refractivity contribution in [1.29, 1.82) is 0 Å². The third-order valence-electron chi connectivity index (χ3n) is 4.29. The van der Waals surface area contributed by atoms with E-state index in [1.807, 2.05) is 13.8 Å². The number of nitro benzene ring substituents is 2. The summed E-state index contributed by atoms with van der Waals surface area (Å²) in [5, 5.41) is 26.2. The van der Waals surface area contributed by atoms with E-state index in [9.17, 15) is 25.0 Å². The number of ether oxygens (including phenoxy) is 1. The molecule has 0 aromatic heterocycles. The number of benzene rings is 1. The number of piperidine rings is 1. The van der Waals surface area contributed by atoms with Gasteiger partial charge in [0.1, 0.15) is 5.69 Å². The number of nitrogens with zero attached hydrogens (tertiary/aromatic N) is 4. The molecule has 1 amide bonds. The van der Waals surface area contributed by atoms with Crippen molar-refractivity contribution in [2.45, 2.75) is 33.2 Å². The van der Waals surface area contributed by atoms with Gasteiger partial charge in [-0.1, -0.05) is 6.92 Å².